The van der Waals surface area contributed by atoms with Gasteiger partial charge >= 0.3 is 0 Å². The van der Waals surface area contributed by atoms with Gasteiger partial charge in [0.1, 0.15) is 11.3 Å². The van der Waals surface area contributed by atoms with E-state index in [1.807, 2.05) is 4.90 Å². The molecule has 2 N–H and O–H groups in total. The third kappa shape index (κ3) is 4.45. The van der Waals surface area contributed by atoms with E-state index in [2.05, 4.69) is 4.98 Å². The fourth-order valence-corrected chi connectivity index (χ4v) is 5.84. The Balaban J connectivity index is 1.60. The summed E-state index contributed by atoms with van der Waals surface area (Å²) < 4.78 is 48.3. The molecule has 2 aromatic heterocycles. The third-order valence-corrected chi connectivity index (χ3v) is 8.31. The number of nitrogens with zero attached hydrogens (tertiary/aromatic N) is 4. The monoisotopic (exact) mass is 514 g/mol. The van der Waals surface area contributed by atoms with Crippen molar-refractivity contribution in [2.75, 3.05) is 50.0 Å². The van der Waals surface area contributed by atoms with Crippen molar-refractivity contribution >= 4 is 37.4 Å². The second kappa shape index (κ2) is 9.57. The molecule has 0 saturated carbocycles. The molecule has 5 rings (SSSR count). The molecule has 0 atom stereocenters. The van der Waals surface area contributed by atoms with Gasteiger partial charge in [-0.1, -0.05) is 12.1 Å². The maximum absolute atomic E-state index is 13.4. The van der Waals surface area contributed by atoms with Crippen LogP contribution < -0.4 is 4.31 Å². The van der Waals surface area contributed by atoms with E-state index in [0.29, 0.717) is 49.3 Å². The van der Waals surface area contributed by atoms with Gasteiger partial charge in [-0.15, -0.1) is 0 Å². The number of aromatic nitrogens is 2. The highest BCUT2D eigenvalue weighted by Gasteiger charge is 2.28. The highest BCUT2D eigenvalue weighted by molar-refractivity contribution is 7.92. The van der Waals surface area contributed by atoms with Gasteiger partial charge in [-0.05, 0) is 29.8 Å². The van der Waals surface area contributed by atoms with Crippen LogP contribution in [0, 0.1) is 5.82 Å². The Hall–Kier alpha value is -3.41. The van der Waals surface area contributed by atoms with E-state index in [4.69, 9.17) is 4.74 Å². The average molecular weight is 515 g/mol. The molecule has 2 aromatic carbocycles. The number of phenolic OH excluding ortho intramolecular Hbond substituents is 1. The van der Waals surface area contributed by atoms with Crippen LogP contribution in [-0.4, -0.2) is 78.7 Å². The number of pyridine rings is 1. The molecule has 0 bridgehead atoms. The molecule has 1 aliphatic heterocycles. The van der Waals surface area contributed by atoms with Crippen LogP contribution >= 0.6 is 0 Å². The second-order valence-electron chi connectivity index (χ2n) is 8.83. The van der Waals surface area contributed by atoms with Crippen LogP contribution in [0.1, 0.15) is 5.56 Å². The molecule has 36 heavy (non-hydrogen) atoms. The number of anilines is 1. The van der Waals surface area contributed by atoms with Crippen molar-refractivity contribution < 1.29 is 27.8 Å². The van der Waals surface area contributed by atoms with Crippen molar-refractivity contribution in [3.8, 4) is 11.6 Å². The van der Waals surface area contributed by atoms with E-state index in [0.717, 1.165) is 5.56 Å². The topological polar surface area (TPSA) is 108 Å². The molecule has 0 radical (unpaired) electrons. The van der Waals surface area contributed by atoms with Crippen LogP contribution in [0.4, 0.5) is 10.1 Å². The van der Waals surface area contributed by atoms with Gasteiger partial charge in [0, 0.05) is 49.8 Å². The minimum atomic E-state index is -3.77. The summed E-state index contributed by atoms with van der Waals surface area (Å²) in [5.74, 6) is -0.948. The van der Waals surface area contributed by atoms with E-state index in [1.165, 1.54) is 34.2 Å². The van der Waals surface area contributed by atoms with Gasteiger partial charge in [0.15, 0.2) is 5.75 Å². The van der Waals surface area contributed by atoms with Crippen molar-refractivity contribution in [2.24, 2.45) is 0 Å². The first kappa shape index (κ1) is 24.3. The first-order chi connectivity index (χ1) is 17.3. The zero-order valence-corrected chi connectivity index (χ0v) is 20.6. The number of ether oxygens (including phenoxy) is 1. The summed E-state index contributed by atoms with van der Waals surface area (Å²) >= 11 is 0. The molecule has 11 heteroatoms. The fourth-order valence-electron chi connectivity index (χ4n) is 4.60. The molecule has 0 unspecified atom stereocenters. The minimum absolute atomic E-state index is 0.101. The van der Waals surface area contributed by atoms with Crippen molar-refractivity contribution in [1.82, 2.24) is 14.5 Å². The molecular formula is C25H27FN4O5S. The number of hydrogen-bond donors (Lipinski definition) is 2. The lowest BCUT2D eigenvalue weighted by Crippen LogP contribution is -2.41. The SMILES string of the molecule is CN(c1c2cccnc2c(O)c2c(O)n(Cc3ccc(F)cc3)cc12)S(=O)(=O)CCN1CCOCC1. The molecule has 0 spiro atoms. The minimum Gasteiger partial charge on any atom is -0.505 e. The van der Waals surface area contributed by atoms with E-state index < -0.39 is 10.0 Å². The summed E-state index contributed by atoms with van der Waals surface area (Å²) in [6, 6.07) is 9.21. The number of aromatic hydroxyl groups is 2. The predicted octanol–water partition coefficient (Wildman–Crippen LogP) is 2.89. The number of sulfonamides is 1. The lowest BCUT2D eigenvalue weighted by Gasteiger charge is -2.28. The van der Waals surface area contributed by atoms with Gasteiger partial charge in [0.25, 0.3) is 0 Å². The summed E-state index contributed by atoms with van der Waals surface area (Å²) in [6.45, 7) is 3.06. The van der Waals surface area contributed by atoms with Crippen molar-refractivity contribution in [2.45, 2.75) is 6.54 Å². The molecule has 1 aliphatic rings. The Bertz CT molecular complexity index is 1520. The van der Waals surface area contributed by atoms with Gasteiger partial charge in [0.05, 0.1) is 36.6 Å². The molecule has 4 aromatic rings. The van der Waals surface area contributed by atoms with E-state index in [-0.39, 0.29) is 40.6 Å². The Labute approximate surface area is 208 Å². The Morgan fingerprint density at radius 3 is 2.56 bits per heavy atom. The predicted molar refractivity (Wildman–Crippen MR) is 136 cm³/mol. The highest BCUT2D eigenvalue weighted by Crippen LogP contribution is 2.46. The molecule has 1 fully saturated rings. The fraction of sp³-hybridized carbons (Fsp3) is 0.320. The number of fused-ring (bicyclic) bond motifs is 2. The second-order valence-corrected chi connectivity index (χ2v) is 10.9. The van der Waals surface area contributed by atoms with Crippen LogP contribution in [0.5, 0.6) is 11.6 Å². The molecule has 9 nitrogen and oxygen atoms in total. The Kier molecular flexibility index (Phi) is 6.45. The zero-order valence-electron chi connectivity index (χ0n) is 19.8. The number of hydrogen-bond acceptors (Lipinski definition) is 7. The number of halogens is 1. The summed E-state index contributed by atoms with van der Waals surface area (Å²) in [4.78, 5) is 6.31. The molecule has 0 aliphatic carbocycles. The van der Waals surface area contributed by atoms with Crippen LogP contribution in [0.3, 0.4) is 0 Å². The number of benzene rings is 2. The first-order valence-electron chi connectivity index (χ1n) is 11.6. The van der Waals surface area contributed by atoms with Gasteiger partial charge in [-0.3, -0.25) is 14.2 Å². The maximum atomic E-state index is 13.4. The summed E-state index contributed by atoms with van der Waals surface area (Å²) in [5.41, 5.74) is 1.23. The normalized spacial score (nSPS) is 15.1. The van der Waals surface area contributed by atoms with E-state index >= 15 is 0 Å². The molecule has 1 saturated heterocycles. The summed E-state index contributed by atoms with van der Waals surface area (Å²) in [5, 5.41) is 23.0. The van der Waals surface area contributed by atoms with Crippen molar-refractivity contribution in [1.29, 1.82) is 0 Å². The third-order valence-electron chi connectivity index (χ3n) is 6.60. The quantitative estimate of drug-likeness (QED) is 0.390. The molecule has 0 amide bonds. The van der Waals surface area contributed by atoms with Crippen LogP contribution in [0.25, 0.3) is 21.7 Å². The van der Waals surface area contributed by atoms with Gasteiger partial charge < -0.3 is 19.5 Å². The summed E-state index contributed by atoms with van der Waals surface area (Å²) in [6.07, 6.45) is 3.10. The van der Waals surface area contributed by atoms with Crippen molar-refractivity contribution in [3.05, 3.63) is 60.2 Å². The van der Waals surface area contributed by atoms with Gasteiger partial charge in [0.2, 0.25) is 15.9 Å². The van der Waals surface area contributed by atoms with Gasteiger partial charge in [-0.2, -0.15) is 0 Å². The zero-order chi connectivity index (χ0) is 25.4. The molecule has 190 valence electrons. The number of morpholine rings is 1. The molecular weight excluding hydrogens is 487 g/mol. The number of phenols is 1. The summed E-state index contributed by atoms with van der Waals surface area (Å²) in [7, 11) is -2.29. The maximum Gasteiger partial charge on any atom is 0.236 e. The van der Waals surface area contributed by atoms with Crippen molar-refractivity contribution in [3.63, 3.8) is 0 Å². The van der Waals surface area contributed by atoms with E-state index in [1.54, 1.807) is 30.5 Å². The first-order valence-corrected chi connectivity index (χ1v) is 13.2. The lowest BCUT2D eigenvalue weighted by molar-refractivity contribution is 0.0408. The number of rotatable bonds is 7. The Morgan fingerprint density at radius 2 is 1.83 bits per heavy atom. The van der Waals surface area contributed by atoms with Crippen LogP contribution in [0.15, 0.2) is 48.8 Å². The van der Waals surface area contributed by atoms with E-state index in [9.17, 15) is 23.0 Å². The average Bonchev–Trinajstić information content (AvgIpc) is 3.20. The highest BCUT2D eigenvalue weighted by atomic mass is 32.2. The van der Waals surface area contributed by atoms with Gasteiger partial charge in [-0.25, -0.2) is 12.8 Å². The van der Waals surface area contributed by atoms with Crippen LogP contribution in [-0.2, 0) is 21.3 Å². The van der Waals surface area contributed by atoms with Crippen LogP contribution in [0.2, 0.25) is 0 Å². The smallest absolute Gasteiger partial charge is 0.236 e. The standard InChI is InChI=1S/C25H27FN4O5S/c1-28(36(33,34)14-11-29-9-12-35-13-10-29)23-19-3-2-8-27-22(19)24(31)21-20(23)16-30(25(21)32)15-17-4-6-18(26)7-5-17/h2-8,16,31-32H,9-15H2,1H3. The lowest BCUT2D eigenvalue weighted by atomic mass is 10.1. The molecule has 3 heterocycles. The largest absolute Gasteiger partial charge is 0.505 e. The Morgan fingerprint density at radius 1 is 1.11 bits per heavy atom.